The van der Waals surface area contributed by atoms with Crippen molar-refractivity contribution in [3.05, 3.63) is 0 Å². The Balaban J connectivity index is 2.03. The molecule has 2 unspecified atom stereocenters. The first-order valence-corrected chi connectivity index (χ1v) is 7.57. The van der Waals surface area contributed by atoms with Gasteiger partial charge in [-0.3, -0.25) is 4.79 Å². The van der Waals surface area contributed by atoms with Crippen molar-refractivity contribution in [1.29, 1.82) is 0 Å². The Bertz CT molecular complexity index is 237. The molecule has 0 radical (unpaired) electrons. The lowest BCUT2D eigenvalue weighted by Crippen LogP contribution is -2.30. The summed E-state index contributed by atoms with van der Waals surface area (Å²) in [5, 5.41) is 8.69. The zero-order valence-corrected chi connectivity index (χ0v) is 11.7. The fourth-order valence-electron chi connectivity index (χ4n) is 2.99. The molecule has 3 nitrogen and oxygen atoms in total. The van der Waals surface area contributed by atoms with Crippen molar-refractivity contribution in [2.24, 2.45) is 17.6 Å². The maximum absolute atomic E-state index is 10.6. The summed E-state index contributed by atoms with van der Waals surface area (Å²) >= 11 is 0. The summed E-state index contributed by atoms with van der Waals surface area (Å²) in [6.07, 6.45) is 12.1. The molecule has 2 atom stereocenters. The van der Waals surface area contributed by atoms with Crippen LogP contribution in [-0.4, -0.2) is 17.1 Å². The van der Waals surface area contributed by atoms with Gasteiger partial charge in [0.05, 0.1) is 6.42 Å². The Morgan fingerprint density at radius 1 is 1.28 bits per heavy atom. The molecule has 3 heteroatoms. The normalized spacial score (nSPS) is 20.6. The minimum atomic E-state index is -0.781. The second-order valence-corrected chi connectivity index (χ2v) is 6.03. The first-order chi connectivity index (χ1) is 8.59. The van der Waals surface area contributed by atoms with Gasteiger partial charge in [-0.05, 0) is 18.3 Å². The van der Waals surface area contributed by atoms with Gasteiger partial charge in [0.1, 0.15) is 0 Å². The minimum absolute atomic E-state index is 0.101. The zero-order chi connectivity index (χ0) is 13.4. The largest absolute Gasteiger partial charge is 0.481 e. The summed E-state index contributed by atoms with van der Waals surface area (Å²) in [5.41, 5.74) is 5.86. The van der Waals surface area contributed by atoms with Crippen molar-refractivity contribution in [3.63, 3.8) is 0 Å². The Kier molecular flexibility index (Phi) is 7.33. The molecule has 0 aromatic heterocycles. The van der Waals surface area contributed by atoms with E-state index in [4.69, 9.17) is 10.8 Å². The van der Waals surface area contributed by atoms with Gasteiger partial charge in [-0.15, -0.1) is 0 Å². The second-order valence-electron chi connectivity index (χ2n) is 6.03. The number of hydrogen-bond acceptors (Lipinski definition) is 2. The lowest BCUT2D eigenvalue weighted by molar-refractivity contribution is -0.137. The van der Waals surface area contributed by atoms with Crippen molar-refractivity contribution in [2.75, 3.05) is 0 Å². The van der Waals surface area contributed by atoms with Gasteiger partial charge in [0.15, 0.2) is 0 Å². The quantitative estimate of drug-likeness (QED) is 0.652. The number of carboxylic acid groups (broad SMARTS) is 1. The monoisotopic (exact) mass is 255 g/mol. The smallest absolute Gasteiger partial charge is 0.304 e. The molecule has 1 aliphatic rings. The highest BCUT2D eigenvalue weighted by Crippen LogP contribution is 2.28. The third kappa shape index (κ3) is 6.39. The van der Waals surface area contributed by atoms with Crippen LogP contribution in [0.25, 0.3) is 0 Å². The van der Waals surface area contributed by atoms with E-state index in [-0.39, 0.29) is 12.5 Å². The molecule has 3 N–H and O–H groups in total. The predicted molar refractivity (Wildman–Crippen MR) is 74.4 cm³/mol. The molecule has 106 valence electrons. The van der Waals surface area contributed by atoms with Gasteiger partial charge in [-0.25, -0.2) is 0 Å². The molecule has 0 aromatic rings. The van der Waals surface area contributed by atoms with Crippen LogP contribution in [0.2, 0.25) is 0 Å². The van der Waals surface area contributed by atoms with E-state index in [0.29, 0.717) is 5.92 Å². The average molecular weight is 255 g/mol. The van der Waals surface area contributed by atoms with Gasteiger partial charge in [0.2, 0.25) is 0 Å². The first-order valence-electron chi connectivity index (χ1n) is 7.57. The van der Waals surface area contributed by atoms with Crippen LogP contribution in [-0.2, 0) is 4.79 Å². The highest BCUT2D eigenvalue weighted by atomic mass is 16.4. The molecular formula is C15H29NO2. The molecule has 1 fully saturated rings. The van der Waals surface area contributed by atoms with Crippen LogP contribution in [0.4, 0.5) is 0 Å². The van der Waals surface area contributed by atoms with Crippen LogP contribution >= 0.6 is 0 Å². The summed E-state index contributed by atoms with van der Waals surface area (Å²) in [7, 11) is 0. The Hall–Kier alpha value is -0.570. The van der Waals surface area contributed by atoms with Crippen LogP contribution in [0.1, 0.15) is 71.1 Å². The molecule has 0 bridgehead atoms. The number of unbranched alkanes of at least 4 members (excludes halogenated alkanes) is 1. The van der Waals surface area contributed by atoms with Crippen LogP contribution in [0, 0.1) is 11.8 Å². The number of aliphatic carboxylic acids is 1. The average Bonchev–Trinajstić information content (AvgIpc) is 2.34. The Morgan fingerprint density at radius 2 is 1.94 bits per heavy atom. The van der Waals surface area contributed by atoms with Crippen LogP contribution in [0.3, 0.4) is 0 Å². The zero-order valence-electron chi connectivity index (χ0n) is 11.7. The maximum atomic E-state index is 10.6. The number of carboxylic acids is 1. The molecule has 0 saturated heterocycles. The second kappa shape index (κ2) is 8.52. The van der Waals surface area contributed by atoms with Gasteiger partial charge < -0.3 is 10.8 Å². The fraction of sp³-hybridized carbons (Fsp3) is 0.933. The lowest BCUT2D eigenvalue weighted by Gasteiger charge is -2.22. The number of carbonyl (C=O) groups is 1. The fourth-order valence-corrected chi connectivity index (χ4v) is 2.99. The SMILES string of the molecule is CC(CCCCC1CCCCC1)C(N)CC(=O)O. The van der Waals surface area contributed by atoms with Crippen molar-refractivity contribution in [3.8, 4) is 0 Å². The van der Waals surface area contributed by atoms with Crippen molar-refractivity contribution < 1.29 is 9.90 Å². The number of rotatable bonds is 8. The summed E-state index contributed by atoms with van der Waals surface area (Å²) in [4.78, 5) is 10.6. The molecule has 0 amide bonds. The Morgan fingerprint density at radius 3 is 2.56 bits per heavy atom. The van der Waals surface area contributed by atoms with Crippen molar-refractivity contribution >= 4 is 5.97 Å². The number of hydrogen-bond donors (Lipinski definition) is 2. The van der Waals surface area contributed by atoms with Crippen molar-refractivity contribution in [2.45, 2.75) is 77.2 Å². The van der Waals surface area contributed by atoms with Crippen LogP contribution in [0.5, 0.6) is 0 Å². The highest BCUT2D eigenvalue weighted by molar-refractivity contribution is 5.67. The molecule has 1 rings (SSSR count). The molecule has 0 aliphatic heterocycles. The summed E-state index contributed by atoms with van der Waals surface area (Å²) < 4.78 is 0. The number of nitrogens with two attached hydrogens (primary N) is 1. The molecule has 1 aliphatic carbocycles. The van der Waals surface area contributed by atoms with E-state index < -0.39 is 5.97 Å². The van der Waals surface area contributed by atoms with Gasteiger partial charge in [-0.1, -0.05) is 58.3 Å². The van der Waals surface area contributed by atoms with Gasteiger partial charge in [-0.2, -0.15) is 0 Å². The standard InChI is InChI=1S/C15H29NO2/c1-12(14(16)11-15(17)18)7-5-6-10-13-8-3-2-4-9-13/h12-14H,2-11,16H2,1H3,(H,17,18). The van der Waals surface area contributed by atoms with Crippen LogP contribution in [0.15, 0.2) is 0 Å². The molecule has 0 aromatic carbocycles. The van der Waals surface area contributed by atoms with Crippen LogP contribution < -0.4 is 5.73 Å². The van der Waals surface area contributed by atoms with E-state index in [1.54, 1.807) is 0 Å². The summed E-state index contributed by atoms with van der Waals surface area (Å²) in [6.45, 7) is 2.08. The Labute approximate surface area is 111 Å². The third-order valence-corrected chi connectivity index (χ3v) is 4.39. The minimum Gasteiger partial charge on any atom is -0.481 e. The molecular weight excluding hydrogens is 226 g/mol. The first kappa shape index (κ1) is 15.5. The summed E-state index contributed by atoms with van der Waals surface area (Å²) in [5.74, 6) is 0.505. The topological polar surface area (TPSA) is 63.3 Å². The van der Waals surface area contributed by atoms with E-state index in [2.05, 4.69) is 6.92 Å². The predicted octanol–water partition coefficient (Wildman–Crippen LogP) is 3.57. The molecule has 1 saturated carbocycles. The van der Waals surface area contributed by atoms with Gasteiger partial charge in [0.25, 0.3) is 0 Å². The third-order valence-electron chi connectivity index (χ3n) is 4.39. The van der Waals surface area contributed by atoms with Gasteiger partial charge >= 0.3 is 5.97 Å². The lowest BCUT2D eigenvalue weighted by atomic mass is 9.85. The maximum Gasteiger partial charge on any atom is 0.304 e. The van der Waals surface area contributed by atoms with E-state index >= 15 is 0 Å². The molecule has 0 heterocycles. The van der Waals surface area contributed by atoms with Crippen molar-refractivity contribution in [1.82, 2.24) is 0 Å². The van der Waals surface area contributed by atoms with Gasteiger partial charge in [0, 0.05) is 6.04 Å². The van der Waals surface area contributed by atoms with E-state index in [1.807, 2.05) is 0 Å². The molecule has 18 heavy (non-hydrogen) atoms. The summed E-state index contributed by atoms with van der Waals surface area (Å²) in [6, 6.07) is -0.183. The molecule has 0 spiro atoms. The van der Waals surface area contributed by atoms with E-state index in [1.165, 1.54) is 51.4 Å². The van der Waals surface area contributed by atoms with E-state index in [0.717, 1.165) is 12.3 Å². The highest BCUT2D eigenvalue weighted by Gasteiger charge is 2.16. The van der Waals surface area contributed by atoms with E-state index in [9.17, 15) is 4.79 Å².